The van der Waals surface area contributed by atoms with Crippen LogP contribution in [0, 0.1) is 5.92 Å². The highest BCUT2D eigenvalue weighted by Crippen LogP contribution is 2.27. The third-order valence-electron chi connectivity index (χ3n) is 6.09. The number of ether oxygens (including phenoxy) is 2. The van der Waals surface area contributed by atoms with Crippen LogP contribution in [0.4, 0.5) is 5.69 Å². The molecule has 1 aliphatic heterocycles. The van der Waals surface area contributed by atoms with Gasteiger partial charge in [0.25, 0.3) is 11.8 Å². The van der Waals surface area contributed by atoms with Gasteiger partial charge in [0.2, 0.25) is 5.91 Å². The normalized spacial score (nSPS) is 21.3. The number of carbonyl (C=O) groups excluding carboxylic acids is 3. The van der Waals surface area contributed by atoms with Crippen LogP contribution in [0.5, 0.6) is 5.75 Å². The van der Waals surface area contributed by atoms with Crippen molar-refractivity contribution in [2.45, 2.75) is 39.3 Å². The zero-order chi connectivity index (χ0) is 25.5. The smallest absolute Gasteiger partial charge is 0.274 e. The van der Waals surface area contributed by atoms with E-state index in [2.05, 4.69) is 15.3 Å². The van der Waals surface area contributed by atoms with Crippen molar-refractivity contribution in [1.29, 1.82) is 0 Å². The van der Waals surface area contributed by atoms with E-state index in [0.29, 0.717) is 36.5 Å². The number of hydrogen-bond donors (Lipinski definition) is 1. The lowest BCUT2D eigenvalue weighted by Gasteiger charge is -2.35. The first-order chi connectivity index (χ1) is 16.7. The third kappa shape index (κ3) is 6.33. The molecule has 1 N–H and O–H groups in total. The lowest BCUT2D eigenvalue weighted by Crippen LogP contribution is -2.48. The summed E-state index contributed by atoms with van der Waals surface area (Å²) in [5, 5.41) is 2.78. The predicted octanol–water partition coefficient (Wildman–Crippen LogP) is 2.47. The summed E-state index contributed by atoms with van der Waals surface area (Å²) in [7, 11) is 3.29. The Morgan fingerprint density at radius 1 is 1.23 bits per heavy atom. The van der Waals surface area contributed by atoms with Crippen LogP contribution in [-0.4, -0.2) is 83.5 Å². The van der Waals surface area contributed by atoms with Crippen LogP contribution in [-0.2, 0) is 9.53 Å². The molecular weight excluding hydrogens is 450 g/mol. The van der Waals surface area contributed by atoms with Crippen LogP contribution >= 0.6 is 0 Å². The van der Waals surface area contributed by atoms with Gasteiger partial charge in [-0.1, -0.05) is 13.8 Å². The van der Waals surface area contributed by atoms with E-state index in [9.17, 15) is 14.4 Å². The highest BCUT2D eigenvalue weighted by Gasteiger charge is 2.31. The van der Waals surface area contributed by atoms with Crippen molar-refractivity contribution in [2.24, 2.45) is 5.92 Å². The standard InChI is InChI=1S/C25H33N5O5/c1-6-23(31)28-18-7-8-21-19(11-18)24(32)29(4)14-22(34-5)16(2)13-30(17(3)15-35-21)25(33)20-12-26-9-10-27-20/h7-12,16-17,22H,6,13-15H2,1-5H3,(H,28,31)/t16-,17+,22+/m0/s1. The molecular formula is C25H33N5O5. The van der Waals surface area contributed by atoms with Gasteiger partial charge in [0, 0.05) is 57.7 Å². The largest absolute Gasteiger partial charge is 0.491 e. The maximum atomic E-state index is 13.4. The monoisotopic (exact) mass is 483 g/mol. The first-order valence-corrected chi connectivity index (χ1v) is 11.7. The molecule has 10 heteroatoms. The van der Waals surface area contributed by atoms with Crippen molar-refractivity contribution in [1.82, 2.24) is 19.8 Å². The fraction of sp³-hybridized carbons (Fsp3) is 0.480. The second kappa shape index (κ2) is 11.7. The van der Waals surface area contributed by atoms with Gasteiger partial charge in [-0.25, -0.2) is 4.98 Å². The van der Waals surface area contributed by atoms with Crippen LogP contribution in [0.1, 0.15) is 48.0 Å². The first-order valence-electron chi connectivity index (χ1n) is 11.7. The molecule has 2 aromatic rings. The number of benzene rings is 1. The molecule has 188 valence electrons. The summed E-state index contributed by atoms with van der Waals surface area (Å²) < 4.78 is 11.8. The van der Waals surface area contributed by atoms with Crippen molar-refractivity contribution in [3.8, 4) is 5.75 Å². The van der Waals surface area contributed by atoms with Crippen LogP contribution in [0.2, 0.25) is 0 Å². The van der Waals surface area contributed by atoms with Crippen LogP contribution < -0.4 is 10.1 Å². The second-order valence-corrected chi connectivity index (χ2v) is 8.76. The molecule has 0 unspecified atom stereocenters. The Balaban J connectivity index is 1.98. The van der Waals surface area contributed by atoms with Gasteiger partial charge in [0.15, 0.2) is 0 Å². The zero-order valence-corrected chi connectivity index (χ0v) is 20.9. The Kier molecular flexibility index (Phi) is 8.75. The van der Waals surface area contributed by atoms with E-state index in [0.717, 1.165) is 0 Å². The molecule has 2 heterocycles. The van der Waals surface area contributed by atoms with E-state index in [1.807, 2.05) is 13.8 Å². The average molecular weight is 484 g/mol. The number of amides is 3. The van der Waals surface area contributed by atoms with Gasteiger partial charge in [-0.2, -0.15) is 0 Å². The quantitative estimate of drug-likeness (QED) is 0.711. The molecule has 35 heavy (non-hydrogen) atoms. The molecule has 0 saturated carbocycles. The number of nitrogens with zero attached hydrogens (tertiary/aromatic N) is 4. The van der Waals surface area contributed by atoms with E-state index in [1.54, 1.807) is 49.1 Å². The number of fused-ring (bicyclic) bond motifs is 1. The Labute approximate surface area is 205 Å². The lowest BCUT2D eigenvalue weighted by molar-refractivity contribution is -0.115. The molecule has 0 aliphatic carbocycles. The van der Waals surface area contributed by atoms with Gasteiger partial charge in [-0.3, -0.25) is 19.4 Å². The average Bonchev–Trinajstić information content (AvgIpc) is 2.88. The van der Waals surface area contributed by atoms with Gasteiger partial charge in [-0.15, -0.1) is 0 Å². The molecule has 0 bridgehead atoms. The minimum absolute atomic E-state index is 0.0904. The molecule has 3 amide bonds. The SMILES string of the molecule is CCC(=O)Nc1ccc2c(c1)C(=O)N(C)C[C@@H](OC)[C@@H](C)CN(C(=O)c1cnccn1)[C@H](C)CO2. The summed E-state index contributed by atoms with van der Waals surface area (Å²) in [6.45, 7) is 6.47. The number of methoxy groups -OCH3 is 1. The van der Waals surface area contributed by atoms with Gasteiger partial charge in [-0.05, 0) is 25.1 Å². The van der Waals surface area contributed by atoms with E-state index in [1.165, 1.54) is 18.6 Å². The number of rotatable bonds is 4. The van der Waals surface area contributed by atoms with Crippen LogP contribution in [0.3, 0.4) is 0 Å². The third-order valence-corrected chi connectivity index (χ3v) is 6.09. The highest BCUT2D eigenvalue weighted by atomic mass is 16.5. The molecule has 1 aliphatic rings. The zero-order valence-electron chi connectivity index (χ0n) is 20.9. The molecule has 0 saturated heterocycles. The summed E-state index contributed by atoms with van der Waals surface area (Å²) in [4.78, 5) is 50.0. The molecule has 10 nitrogen and oxygen atoms in total. The van der Waals surface area contributed by atoms with Gasteiger partial charge < -0.3 is 24.6 Å². The predicted molar refractivity (Wildman–Crippen MR) is 130 cm³/mol. The van der Waals surface area contributed by atoms with E-state index >= 15 is 0 Å². The number of anilines is 1. The van der Waals surface area contributed by atoms with Crippen LogP contribution in [0.15, 0.2) is 36.8 Å². The maximum Gasteiger partial charge on any atom is 0.274 e. The topological polar surface area (TPSA) is 114 Å². The van der Waals surface area contributed by atoms with Crippen molar-refractivity contribution in [2.75, 3.05) is 39.2 Å². The van der Waals surface area contributed by atoms with Gasteiger partial charge >= 0.3 is 0 Å². The van der Waals surface area contributed by atoms with E-state index in [-0.39, 0.29) is 48.1 Å². The molecule has 0 spiro atoms. The number of aromatic nitrogens is 2. The number of hydrogen-bond acceptors (Lipinski definition) is 7. The maximum absolute atomic E-state index is 13.4. The fourth-order valence-electron chi connectivity index (χ4n) is 3.94. The second-order valence-electron chi connectivity index (χ2n) is 8.76. The molecule has 3 atom stereocenters. The van der Waals surface area contributed by atoms with Crippen molar-refractivity contribution in [3.05, 3.63) is 48.0 Å². The number of nitrogens with one attached hydrogen (secondary N) is 1. The summed E-state index contributed by atoms with van der Waals surface area (Å²) >= 11 is 0. The Morgan fingerprint density at radius 2 is 2.00 bits per heavy atom. The van der Waals surface area contributed by atoms with Crippen molar-refractivity contribution in [3.63, 3.8) is 0 Å². The van der Waals surface area contributed by atoms with Crippen molar-refractivity contribution < 1.29 is 23.9 Å². The highest BCUT2D eigenvalue weighted by molar-refractivity contribution is 5.99. The Morgan fingerprint density at radius 3 is 2.66 bits per heavy atom. The summed E-state index contributed by atoms with van der Waals surface area (Å²) in [5.74, 6) is -0.372. The minimum atomic E-state index is -0.330. The van der Waals surface area contributed by atoms with E-state index in [4.69, 9.17) is 9.47 Å². The van der Waals surface area contributed by atoms with Crippen LogP contribution in [0.25, 0.3) is 0 Å². The lowest BCUT2D eigenvalue weighted by atomic mass is 10.0. The molecule has 1 aromatic heterocycles. The van der Waals surface area contributed by atoms with Crippen molar-refractivity contribution >= 4 is 23.4 Å². The molecule has 0 radical (unpaired) electrons. The summed E-state index contributed by atoms with van der Waals surface area (Å²) in [6, 6.07) is 4.64. The van der Waals surface area contributed by atoms with Gasteiger partial charge in [0.05, 0.1) is 23.9 Å². The number of likely N-dealkylation sites (N-methyl/N-ethyl adjacent to an activating group) is 1. The fourth-order valence-corrected chi connectivity index (χ4v) is 3.94. The Hall–Kier alpha value is -3.53. The summed E-state index contributed by atoms with van der Waals surface area (Å²) in [6.07, 6.45) is 4.45. The van der Waals surface area contributed by atoms with E-state index < -0.39 is 0 Å². The summed E-state index contributed by atoms with van der Waals surface area (Å²) in [5.41, 5.74) is 1.08. The van der Waals surface area contributed by atoms with Gasteiger partial charge in [0.1, 0.15) is 18.1 Å². The molecule has 1 aromatic carbocycles. The Bertz CT molecular complexity index is 1050. The number of carbonyl (C=O) groups is 3. The molecule has 3 rings (SSSR count). The molecule has 0 fully saturated rings. The first kappa shape index (κ1) is 26.1. The minimum Gasteiger partial charge on any atom is -0.491 e.